The van der Waals surface area contributed by atoms with Crippen LogP contribution in [0.2, 0.25) is 0 Å². The quantitative estimate of drug-likeness (QED) is 0.0587. The minimum absolute atomic E-state index is 0. The van der Waals surface area contributed by atoms with Crippen molar-refractivity contribution in [3.8, 4) is 0 Å². The van der Waals surface area contributed by atoms with Gasteiger partial charge in [0, 0.05) is 11.9 Å². The molecular formula is C43H74CoO4. The summed E-state index contributed by atoms with van der Waals surface area (Å²) in [5.74, 6) is -1.83. The van der Waals surface area contributed by atoms with Crippen LogP contribution in [0.15, 0.2) is 54.6 Å². The van der Waals surface area contributed by atoms with Crippen LogP contribution >= 0.6 is 0 Å². The summed E-state index contributed by atoms with van der Waals surface area (Å²) in [5.41, 5.74) is 1.32. The monoisotopic (exact) mass is 713 g/mol. The minimum Gasteiger partial charge on any atom is -0.550 e. The standard InChI is InChI=1S/2C18H34O2.C7H8.Co/c2*1-2-3-4-5-6-7-8-9-10-11-12-13-14-15-16-17-18(19)20;1-7-5-3-2-4-6-7;/h2*9-10H,2-8,11-17H2,1H3,(H,19,20);2-6H,1H3;/q;;;+2/p-2. The molecule has 1 rings (SSSR count). The van der Waals surface area contributed by atoms with Crippen molar-refractivity contribution >= 4 is 11.9 Å². The van der Waals surface area contributed by atoms with E-state index in [0.717, 1.165) is 38.5 Å². The number of allylic oxidation sites excluding steroid dienone is 4. The van der Waals surface area contributed by atoms with Crippen molar-refractivity contribution in [2.24, 2.45) is 0 Å². The van der Waals surface area contributed by atoms with Gasteiger partial charge in [-0.2, -0.15) is 0 Å². The van der Waals surface area contributed by atoms with Crippen LogP contribution in [0, 0.1) is 6.92 Å². The fraction of sp³-hybridized carbons (Fsp3) is 0.721. The van der Waals surface area contributed by atoms with E-state index in [1.54, 1.807) is 0 Å². The average Bonchev–Trinajstić information content (AvgIpc) is 3.05. The summed E-state index contributed by atoms with van der Waals surface area (Å²) < 4.78 is 0. The Balaban J connectivity index is -0.000000688. The number of unbranched alkanes of at least 4 members (excludes halogenated alkanes) is 22. The number of aryl methyl sites for hydroxylation is 1. The van der Waals surface area contributed by atoms with Gasteiger partial charge in [-0.1, -0.05) is 177 Å². The molecule has 0 fully saturated rings. The zero-order chi connectivity index (χ0) is 34.9. The van der Waals surface area contributed by atoms with E-state index in [4.69, 9.17) is 0 Å². The number of carbonyl (C=O) groups excluding carboxylic acids is 2. The van der Waals surface area contributed by atoms with Crippen molar-refractivity contribution in [1.82, 2.24) is 0 Å². The average molecular weight is 714 g/mol. The number of rotatable bonds is 30. The molecule has 0 unspecified atom stereocenters. The Morgan fingerprint density at radius 1 is 0.458 bits per heavy atom. The molecule has 4 nitrogen and oxygen atoms in total. The van der Waals surface area contributed by atoms with E-state index in [2.05, 4.69) is 57.2 Å². The van der Waals surface area contributed by atoms with Crippen LogP contribution in [0.1, 0.15) is 199 Å². The van der Waals surface area contributed by atoms with Crippen molar-refractivity contribution < 1.29 is 36.6 Å². The van der Waals surface area contributed by atoms with Gasteiger partial charge in [0.15, 0.2) is 0 Å². The predicted octanol–water partition coefficient (Wildman–Crippen LogP) is 11.5. The van der Waals surface area contributed by atoms with E-state index in [-0.39, 0.29) is 29.6 Å². The molecule has 0 atom stereocenters. The Kier molecular flexibility index (Phi) is 47.5. The first kappa shape index (κ1) is 50.5. The predicted molar refractivity (Wildman–Crippen MR) is 200 cm³/mol. The molecule has 0 aromatic heterocycles. The van der Waals surface area contributed by atoms with Crippen LogP contribution in [0.25, 0.3) is 0 Å². The van der Waals surface area contributed by atoms with Gasteiger partial charge >= 0.3 is 16.8 Å². The number of benzene rings is 1. The van der Waals surface area contributed by atoms with Crippen molar-refractivity contribution in [2.45, 2.75) is 201 Å². The van der Waals surface area contributed by atoms with Crippen molar-refractivity contribution in [3.63, 3.8) is 0 Å². The second-order valence-corrected chi connectivity index (χ2v) is 13.1. The first-order valence-corrected chi connectivity index (χ1v) is 19.6. The summed E-state index contributed by atoms with van der Waals surface area (Å²) in [6.45, 7) is 6.60. The molecule has 0 bridgehead atoms. The number of carboxylic acid groups (broad SMARTS) is 2. The van der Waals surface area contributed by atoms with Crippen LogP contribution in [0.3, 0.4) is 0 Å². The molecule has 0 heterocycles. The zero-order valence-corrected chi connectivity index (χ0v) is 32.5. The topological polar surface area (TPSA) is 80.3 Å². The second-order valence-electron chi connectivity index (χ2n) is 13.1. The Bertz CT molecular complexity index is 771. The fourth-order valence-electron chi connectivity index (χ4n) is 5.21. The third-order valence-corrected chi connectivity index (χ3v) is 8.23. The molecule has 0 saturated heterocycles. The van der Waals surface area contributed by atoms with E-state index in [0.29, 0.717) is 0 Å². The zero-order valence-electron chi connectivity index (χ0n) is 31.5. The van der Waals surface area contributed by atoms with Crippen LogP contribution in [0.5, 0.6) is 0 Å². The van der Waals surface area contributed by atoms with Gasteiger partial charge < -0.3 is 19.8 Å². The summed E-state index contributed by atoms with van der Waals surface area (Å²) in [7, 11) is 0. The van der Waals surface area contributed by atoms with Gasteiger partial charge in [-0.25, -0.2) is 0 Å². The summed E-state index contributed by atoms with van der Waals surface area (Å²) in [5, 5.41) is 20.4. The number of carboxylic acids is 2. The molecule has 5 heteroatoms. The second kappa shape index (κ2) is 45.1. The number of hydrogen-bond donors (Lipinski definition) is 0. The largest absolute Gasteiger partial charge is 2.00 e. The summed E-state index contributed by atoms with van der Waals surface area (Å²) in [4.78, 5) is 20.4. The normalized spacial score (nSPS) is 10.6. The fourth-order valence-corrected chi connectivity index (χ4v) is 5.21. The maximum absolute atomic E-state index is 10.2. The molecule has 0 aliphatic heterocycles. The van der Waals surface area contributed by atoms with Gasteiger partial charge in [0.1, 0.15) is 0 Å². The van der Waals surface area contributed by atoms with Gasteiger partial charge in [-0.05, 0) is 84.0 Å². The molecule has 1 aromatic rings. The summed E-state index contributed by atoms with van der Waals surface area (Å²) >= 11 is 0. The first-order valence-electron chi connectivity index (χ1n) is 19.6. The molecule has 279 valence electrons. The van der Waals surface area contributed by atoms with E-state index in [1.807, 2.05) is 18.2 Å². The van der Waals surface area contributed by atoms with E-state index < -0.39 is 11.9 Å². The smallest absolute Gasteiger partial charge is 0.550 e. The Labute approximate surface area is 308 Å². The van der Waals surface area contributed by atoms with Crippen molar-refractivity contribution in [2.75, 3.05) is 0 Å². The van der Waals surface area contributed by atoms with Gasteiger partial charge in [0.05, 0.1) is 0 Å². The molecular weight excluding hydrogens is 639 g/mol. The Morgan fingerprint density at radius 2 is 0.729 bits per heavy atom. The van der Waals surface area contributed by atoms with Crippen molar-refractivity contribution in [1.29, 1.82) is 0 Å². The molecule has 0 aliphatic carbocycles. The van der Waals surface area contributed by atoms with E-state index in [9.17, 15) is 19.8 Å². The summed E-state index contributed by atoms with van der Waals surface area (Å²) in [6.07, 6.45) is 41.8. The molecule has 1 radical (unpaired) electrons. The van der Waals surface area contributed by atoms with Gasteiger partial charge in [-0.3, -0.25) is 0 Å². The van der Waals surface area contributed by atoms with Gasteiger partial charge in [0.2, 0.25) is 0 Å². The minimum atomic E-state index is -0.914. The maximum atomic E-state index is 10.2. The van der Waals surface area contributed by atoms with Crippen LogP contribution in [0.4, 0.5) is 0 Å². The number of hydrogen-bond acceptors (Lipinski definition) is 4. The SMILES string of the molecule is CCCCCCCCC=CCCCCCCCC(=O)[O-].CCCCCCCCC=CCCCCCCCC(=O)[O-].Cc1ccccc1.[Co+2]. The molecule has 0 spiro atoms. The van der Waals surface area contributed by atoms with E-state index in [1.165, 1.54) is 134 Å². The molecule has 0 aliphatic rings. The third-order valence-electron chi connectivity index (χ3n) is 8.23. The maximum Gasteiger partial charge on any atom is 2.00 e. The number of carbonyl (C=O) groups is 2. The van der Waals surface area contributed by atoms with Crippen molar-refractivity contribution in [3.05, 3.63) is 60.2 Å². The van der Waals surface area contributed by atoms with Crippen LogP contribution in [-0.2, 0) is 26.4 Å². The summed E-state index contributed by atoms with van der Waals surface area (Å²) in [6, 6.07) is 10.3. The third kappa shape index (κ3) is 51.0. The Morgan fingerprint density at radius 3 is 0.979 bits per heavy atom. The van der Waals surface area contributed by atoms with Crippen LogP contribution < -0.4 is 10.2 Å². The van der Waals surface area contributed by atoms with E-state index >= 15 is 0 Å². The molecule has 48 heavy (non-hydrogen) atoms. The first-order chi connectivity index (χ1) is 22.9. The number of aliphatic carboxylic acids is 2. The molecule has 0 saturated carbocycles. The van der Waals surface area contributed by atoms with Crippen LogP contribution in [-0.4, -0.2) is 11.9 Å². The Hall–Kier alpha value is -1.85. The molecule has 0 N–H and O–H groups in total. The van der Waals surface area contributed by atoms with Gasteiger partial charge in [-0.15, -0.1) is 0 Å². The molecule has 0 amide bonds. The van der Waals surface area contributed by atoms with Gasteiger partial charge in [0.25, 0.3) is 0 Å². The molecule has 1 aromatic carbocycles.